The summed E-state index contributed by atoms with van der Waals surface area (Å²) in [5.74, 6) is 0.104. The molecule has 0 unspecified atom stereocenters. The Morgan fingerprint density at radius 1 is 1.32 bits per heavy atom. The van der Waals surface area contributed by atoms with E-state index in [1.165, 1.54) is 0 Å². The number of hydrogen-bond acceptors (Lipinski definition) is 4. The fourth-order valence-corrected chi connectivity index (χ4v) is 1.63. The van der Waals surface area contributed by atoms with Crippen molar-refractivity contribution in [2.75, 3.05) is 33.7 Å². The van der Waals surface area contributed by atoms with E-state index in [2.05, 4.69) is 20.5 Å². The fourth-order valence-electron chi connectivity index (χ4n) is 1.63. The molecule has 0 atom stereocenters. The summed E-state index contributed by atoms with van der Waals surface area (Å²) in [6.45, 7) is 3.13. The number of carbonyl (C=O) groups is 1. The van der Waals surface area contributed by atoms with E-state index >= 15 is 0 Å². The van der Waals surface area contributed by atoms with E-state index in [4.69, 9.17) is 0 Å². The van der Waals surface area contributed by atoms with Crippen molar-refractivity contribution >= 4 is 5.91 Å². The van der Waals surface area contributed by atoms with Gasteiger partial charge in [0.25, 0.3) is 0 Å². The van der Waals surface area contributed by atoms with Crippen LogP contribution in [0.1, 0.15) is 18.5 Å². The molecule has 0 aliphatic carbocycles. The van der Waals surface area contributed by atoms with Crippen molar-refractivity contribution in [2.45, 2.75) is 19.4 Å². The number of amides is 1. The molecule has 0 spiro atoms. The lowest BCUT2D eigenvalue weighted by molar-refractivity contribution is -0.121. The van der Waals surface area contributed by atoms with Gasteiger partial charge in [-0.2, -0.15) is 0 Å². The number of carbonyl (C=O) groups excluding carboxylic acids is 1. The van der Waals surface area contributed by atoms with E-state index < -0.39 is 0 Å². The average molecular weight is 264 g/mol. The molecule has 1 amide bonds. The molecule has 0 radical (unpaired) electrons. The van der Waals surface area contributed by atoms with E-state index in [1.807, 2.05) is 32.3 Å². The van der Waals surface area contributed by atoms with Gasteiger partial charge in [-0.1, -0.05) is 6.07 Å². The van der Waals surface area contributed by atoms with Crippen molar-refractivity contribution in [3.63, 3.8) is 0 Å². The average Bonchev–Trinajstić information content (AvgIpc) is 2.41. The van der Waals surface area contributed by atoms with Gasteiger partial charge in [0.2, 0.25) is 5.91 Å². The molecule has 0 saturated carbocycles. The Kier molecular flexibility index (Phi) is 7.77. The number of aromatic nitrogens is 1. The Balaban J connectivity index is 1.98. The van der Waals surface area contributed by atoms with Crippen LogP contribution in [0.2, 0.25) is 0 Å². The van der Waals surface area contributed by atoms with Crippen molar-refractivity contribution in [1.29, 1.82) is 0 Å². The fraction of sp³-hybridized carbons (Fsp3) is 0.571. The first-order chi connectivity index (χ1) is 9.18. The highest BCUT2D eigenvalue weighted by molar-refractivity contribution is 5.75. The molecule has 0 aliphatic rings. The Morgan fingerprint density at radius 2 is 2.16 bits per heavy atom. The zero-order chi connectivity index (χ0) is 13.9. The summed E-state index contributed by atoms with van der Waals surface area (Å²) in [6, 6.07) is 5.82. The first-order valence-electron chi connectivity index (χ1n) is 6.70. The standard InChI is InChI=1S/C14H24N4O/c1-18(2)11-5-9-17-14(19)7-10-15-12-13-6-3-4-8-16-13/h3-4,6,8,15H,5,7,9-12H2,1-2H3,(H,17,19). The lowest BCUT2D eigenvalue weighted by Gasteiger charge is -2.10. The van der Waals surface area contributed by atoms with Crippen LogP contribution in [0.3, 0.4) is 0 Å². The highest BCUT2D eigenvalue weighted by atomic mass is 16.1. The van der Waals surface area contributed by atoms with Gasteiger partial charge in [0.15, 0.2) is 0 Å². The summed E-state index contributed by atoms with van der Waals surface area (Å²) in [5.41, 5.74) is 0.994. The van der Waals surface area contributed by atoms with Gasteiger partial charge in [-0.05, 0) is 39.2 Å². The SMILES string of the molecule is CN(C)CCCNC(=O)CCNCc1ccccn1. The first kappa shape index (κ1) is 15.6. The molecule has 1 aromatic rings. The van der Waals surface area contributed by atoms with Crippen LogP contribution in [0.15, 0.2) is 24.4 Å². The zero-order valence-corrected chi connectivity index (χ0v) is 11.9. The van der Waals surface area contributed by atoms with Crippen LogP contribution in [0.5, 0.6) is 0 Å². The summed E-state index contributed by atoms with van der Waals surface area (Å²) in [7, 11) is 4.06. The molecule has 0 aliphatic heterocycles. The van der Waals surface area contributed by atoms with Crippen molar-refractivity contribution in [1.82, 2.24) is 20.5 Å². The third-order valence-electron chi connectivity index (χ3n) is 2.67. The van der Waals surface area contributed by atoms with Gasteiger partial charge in [-0.25, -0.2) is 0 Å². The molecule has 2 N–H and O–H groups in total. The van der Waals surface area contributed by atoms with Crippen LogP contribution >= 0.6 is 0 Å². The van der Waals surface area contributed by atoms with Crippen LogP contribution in [0.4, 0.5) is 0 Å². The minimum absolute atomic E-state index is 0.104. The highest BCUT2D eigenvalue weighted by Gasteiger charge is 2.00. The van der Waals surface area contributed by atoms with Crippen molar-refractivity contribution in [3.8, 4) is 0 Å². The summed E-state index contributed by atoms with van der Waals surface area (Å²) in [6.07, 6.45) is 3.27. The molecular formula is C14H24N4O. The third-order valence-corrected chi connectivity index (χ3v) is 2.67. The molecule has 5 nitrogen and oxygen atoms in total. The Morgan fingerprint density at radius 3 is 2.84 bits per heavy atom. The number of nitrogens with zero attached hydrogens (tertiary/aromatic N) is 2. The first-order valence-corrected chi connectivity index (χ1v) is 6.70. The lowest BCUT2D eigenvalue weighted by atomic mass is 10.3. The zero-order valence-electron chi connectivity index (χ0n) is 11.9. The lowest BCUT2D eigenvalue weighted by Crippen LogP contribution is -2.29. The van der Waals surface area contributed by atoms with Gasteiger partial charge >= 0.3 is 0 Å². The minimum Gasteiger partial charge on any atom is -0.356 e. The predicted molar refractivity (Wildman–Crippen MR) is 76.7 cm³/mol. The molecule has 1 heterocycles. The number of nitrogens with one attached hydrogen (secondary N) is 2. The van der Waals surface area contributed by atoms with Crippen LogP contribution in [-0.4, -0.2) is 49.5 Å². The van der Waals surface area contributed by atoms with Gasteiger partial charge in [0.1, 0.15) is 0 Å². The molecule has 5 heteroatoms. The molecule has 0 saturated heterocycles. The number of rotatable bonds is 9. The van der Waals surface area contributed by atoms with Crippen LogP contribution < -0.4 is 10.6 Å². The third kappa shape index (κ3) is 8.29. The van der Waals surface area contributed by atoms with E-state index in [0.29, 0.717) is 19.5 Å². The molecule has 0 fully saturated rings. The van der Waals surface area contributed by atoms with Crippen molar-refractivity contribution < 1.29 is 4.79 Å². The highest BCUT2D eigenvalue weighted by Crippen LogP contribution is 1.92. The Labute approximate surface area is 115 Å². The van der Waals surface area contributed by atoms with Crippen LogP contribution in [0, 0.1) is 0 Å². The quantitative estimate of drug-likeness (QED) is 0.642. The maximum atomic E-state index is 11.5. The molecule has 106 valence electrons. The van der Waals surface area contributed by atoms with E-state index in [-0.39, 0.29) is 5.91 Å². The Bertz CT molecular complexity index is 354. The molecule has 1 aromatic heterocycles. The monoisotopic (exact) mass is 264 g/mol. The second-order valence-electron chi connectivity index (χ2n) is 4.75. The summed E-state index contributed by atoms with van der Waals surface area (Å²) < 4.78 is 0. The summed E-state index contributed by atoms with van der Waals surface area (Å²) in [5, 5.41) is 6.13. The second-order valence-corrected chi connectivity index (χ2v) is 4.75. The van der Waals surface area contributed by atoms with Crippen LogP contribution in [-0.2, 0) is 11.3 Å². The van der Waals surface area contributed by atoms with Gasteiger partial charge in [0.05, 0.1) is 5.69 Å². The van der Waals surface area contributed by atoms with Gasteiger partial charge < -0.3 is 15.5 Å². The minimum atomic E-state index is 0.104. The predicted octanol–water partition coefficient (Wildman–Crippen LogP) is 0.629. The van der Waals surface area contributed by atoms with Crippen molar-refractivity contribution in [3.05, 3.63) is 30.1 Å². The smallest absolute Gasteiger partial charge is 0.221 e. The van der Waals surface area contributed by atoms with E-state index in [0.717, 1.165) is 25.2 Å². The number of pyridine rings is 1. The Hall–Kier alpha value is -1.46. The molecular weight excluding hydrogens is 240 g/mol. The largest absolute Gasteiger partial charge is 0.356 e. The van der Waals surface area contributed by atoms with Crippen LogP contribution in [0.25, 0.3) is 0 Å². The van der Waals surface area contributed by atoms with E-state index in [9.17, 15) is 4.79 Å². The summed E-state index contributed by atoms with van der Waals surface area (Å²) >= 11 is 0. The van der Waals surface area contributed by atoms with Gasteiger partial charge in [0, 0.05) is 32.3 Å². The van der Waals surface area contributed by atoms with Gasteiger partial charge in [-0.3, -0.25) is 9.78 Å². The summed E-state index contributed by atoms with van der Waals surface area (Å²) in [4.78, 5) is 17.8. The topological polar surface area (TPSA) is 57.3 Å². The van der Waals surface area contributed by atoms with Gasteiger partial charge in [-0.15, -0.1) is 0 Å². The molecule has 0 bridgehead atoms. The van der Waals surface area contributed by atoms with Crippen molar-refractivity contribution in [2.24, 2.45) is 0 Å². The second kappa shape index (κ2) is 9.47. The van der Waals surface area contributed by atoms with E-state index in [1.54, 1.807) is 6.20 Å². The molecule has 0 aromatic carbocycles. The normalized spacial score (nSPS) is 10.7. The molecule has 19 heavy (non-hydrogen) atoms. The maximum absolute atomic E-state index is 11.5. The number of hydrogen-bond donors (Lipinski definition) is 2. The molecule has 1 rings (SSSR count). The maximum Gasteiger partial charge on any atom is 0.221 e.